The molecule has 3 amide bonds. The van der Waals surface area contributed by atoms with Crippen molar-refractivity contribution in [2.45, 2.75) is 90.4 Å². The van der Waals surface area contributed by atoms with E-state index in [1.54, 1.807) is 7.05 Å². The van der Waals surface area contributed by atoms with Gasteiger partial charge in [-0.2, -0.15) is 0 Å². The van der Waals surface area contributed by atoms with Gasteiger partial charge in [0.2, 0.25) is 5.91 Å². The zero-order valence-electron chi connectivity index (χ0n) is 27.0. The lowest BCUT2D eigenvalue weighted by molar-refractivity contribution is -0.199. The summed E-state index contributed by atoms with van der Waals surface area (Å²) in [6.45, 7) is 11.6. The van der Waals surface area contributed by atoms with Crippen molar-refractivity contribution in [2.75, 3.05) is 18.9 Å². The molecule has 6 atom stereocenters. The first-order valence-electron chi connectivity index (χ1n) is 16.1. The summed E-state index contributed by atoms with van der Waals surface area (Å²) in [4.78, 5) is 31.1. The number of carbonyl (C=O) groups is 2. The van der Waals surface area contributed by atoms with Gasteiger partial charge in [-0.1, -0.05) is 64.1 Å². The van der Waals surface area contributed by atoms with Crippen LogP contribution in [0.15, 0.2) is 47.5 Å². The zero-order valence-corrected chi connectivity index (χ0v) is 27.0. The number of amides is 3. The van der Waals surface area contributed by atoms with Crippen molar-refractivity contribution in [3.63, 3.8) is 0 Å². The van der Waals surface area contributed by atoms with Crippen LogP contribution in [0, 0.1) is 23.2 Å². The van der Waals surface area contributed by atoms with Crippen LogP contribution >= 0.6 is 0 Å². The number of nitrogens with two attached hydrogens (primary N) is 1. The first-order valence-corrected chi connectivity index (χ1v) is 16.1. The molecule has 0 spiro atoms. The van der Waals surface area contributed by atoms with Gasteiger partial charge in [0.05, 0.1) is 23.3 Å². The van der Waals surface area contributed by atoms with Crippen LogP contribution in [0.4, 0.5) is 10.5 Å². The van der Waals surface area contributed by atoms with E-state index < -0.39 is 19.2 Å². The summed E-state index contributed by atoms with van der Waals surface area (Å²) in [6, 6.07) is 12.4. The van der Waals surface area contributed by atoms with Gasteiger partial charge in [-0.05, 0) is 73.6 Å². The van der Waals surface area contributed by atoms with Gasteiger partial charge in [-0.3, -0.25) is 9.79 Å². The molecule has 238 valence electrons. The third-order valence-corrected chi connectivity index (χ3v) is 10.2. The number of nitrogens with one attached hydrogen (secondary N) is 4. The third kappa shape index (κ3) is 6.54. The molecule has 44 heavy (non-hydrogen) atoms. The summed E-state index contributed by atoms with van der Waals surface area (Å²) in [5, 5.41) is 14.1. The molecule has 2 aromatic rings. The van der Waals surface area contributed by atoms with Crippen LogP contribution in [-0.2, 0) is 14.1 Å². The number of anilines is 1. The first kappa shape index (κ1) is 32.1. The van der Waals surface area contributed by atoms with E-state index in [4.69, 9.17) is 15.0 Å². The molecule has 6 N–H and O–H groups in total. The molecule has 2 aromatic carbocycles. The molecule has 4 fully saturated rings. The van der Waals surface area contributed by atoms with Gasteiger partial charge in [0, 0.05) is 19.0 Å². The zero-order chi connectivity index (χ0) is 31.6. The summed E-state index contributed by atoms with van der Waals surface area (Å²) in [5.74, 6) is 1.08. The number of rotatable bonds is 11. The Morgan fingerprint density at radius 1 is 1.09 bits per heavy atom. The van der Waals surface area contributed by atoms with Crippen molar-refractivity contribution in [3.05, 3.63) is 42.5 Å². The van der Waals surface area contributed by atoms with Crippen LogP contribution in [0.2, 0.25) is 0 Å². The van der Waals surface area contributed by atoms with E-state index in [-0.39, 0.29) is 29.0 Å². The van der Waals surface area contributed by atoms with Gasteiger partial charge >= 0.3 is 13.1 Å². The van der Waals surface area contributed by atoms with Crippen molar-refractivity contribution < 1.29 is 18.9 Å². The predicted molar refractivity (Wildman–Crippen MR) is 176 cm³/mol. The number of hydrogen-bond acceptors (Lipinski definition) is 5. The first-order chi connectivity index (χ1) is 20.9. The molecule has 1 heterocycles. The Kier molecular flexibility index (Phi) is 9.46. The molecule has 11 heteroatoms. The molecular formula is C33H49BN6O4. The SMILES string of the molecule is CN=C(N)NCCC[C@H](NC(=O)Nc1cccc2ccccc12)C(=O)N[C@@H](CC(C)C)B1O[C@@H]2C[C@@H]3C[C@@H](C3(C)C)[C@]2(C)O1. The molecule has 2 bridgehead atoms. The van der Waals surface area contributed by atoms with E-state index in [1.165, 1.54) is 0 Å². The minimum Gasteiger partial charge on any atom is -0.404 e. The average Bonchev–Trinajstić information content (AvgIpc) is 3.35. The second-order valence-corrected chi connectivity index (χ2v) is 13.9. The Morgan fingerprint density at radius 2 is 1.84 bits per heavy atom. The van der Waals surface area contributed by atoms with Crippen molar-refractivity contribution in [1.29, 1.82) is 0 Å². The molecule has 0 aromatic heterocycles. The Hall–Kier alpha value is -3.31. The van der Waals surface area contributed by atoms with Gasteiger partial charge in [0.15, 0.2) is 5.96 Å². The normalized spacial score (nSPS) is 26.8. The summed E-state index contributed by atoms with van der Waals surface area (Å²) < 4.78 is 13.3. The molecule has 0 radical (unpaired) electrons. The number of nitrogens with zero attached hydrogens (tertiary/aromatic N) is 1. The summed E-state index contributed by atoms with van der Waals surface area (Å²) in [6.07, 6.45) is 3.85. The molecule has 0 unspecified atom stereocenters. The van der Waals surface area contributed by atoms with E-state index in [0.29, 0.717) is 55.2 Å². The van der Waals surface area contributed by atoms with Crippen LogP contribution in [0.5, 0.6) is 0 Å². The standard InChI is InChI=1S/C33H49BN6O4/c1-20(2)17-28(34-43-27-19-22-18-26(32(22,3)4)33(27,5)44-34)40-29(41)25(15-10-16-37-30(35)36-6)39-31(42)38-24-14-9-12-21-11-7-8-13-23(21)24/h7-9,11-14,20,22,25-28H,10,15-19H2,1-6H3,(H,40,41)(H3,35,36,37)(H2,38,39,42)/t22-,25-,26-,27+,28-,33-/m0/s1. The number of urea groups is 1. The Labute approximate surface area is 261 Å². The van der Waals surface area contributed by atoms with Gasteiger partial charge in [0.25, 0.3) is 0 Å². The van der Waals surface area contributed by atoms with E-state index in [2.05, 4.69) is 60.9 Å². The largest absolute Gasteiger partial charge is 0.481 e. The molecule has 10 nitrogen and oxygen atoms in total. The van der Waals surface area contributed by atoms with Gasteiger partial charge < -0.3 is 36.3 Å². The summed E-state index contributed by atoms with van der Waals surface area (Å²) in [5.41, 5.74) is 6.32. The number of fused-ring (bicyclic) bond motifs is 1. The number of guanidine groups is 1. The fourth-order valence-electron chi connectivity index (χ4n) is 7.62. The number of hydrogen-bond donors (Lipinski definition) is 5. The van der Waals surface area contributed by atoms with Crippen molar-refractivity contribution >= 4 is 41.5 Å². The lowest BCUT2D eigenvalue weighted by Crippen LogP contribution is -2.65. The Morgan fingerprint density at radius 3 is 2.57 bits per heavy atom. The fraction of sp³-hybridized carbons (Fsp3) is 0.606. The van der Waals surface area contributed by atoms with Gasteiger partial charge in [-0.25, -0.2) is 4.79 Å². The van der Waals surface area contributed by atoms with Gasteiger partial charge in [-0.15, -0.1) is 0 Å². The maximum absolute atomic E-state index is 13.9. The topological polar surface area (TPSA) is 139 Å². The molecule has 1 aliphatic heterocycles. The molecule has 3 saturated carbocycles. The minimum absolute atomic E-state index is 0.0213. The maximum Gasteiger partial charge on any atom is 0.481 e. The maximum atomic E-state index is 13.9. The smallest absolute Gasteiger partial charge is 0.404 e. The predicted octanol–water partition coefficient (Wildman–Crippen LogP) is 4.44. The number of carbonyl (C=O) groups excluding carboxylic acids is 2. The quantitative estimate of drug-likeness (QED) is 0.111. The van der Waals surface area contributed by atoms with Crippen molar-refractivity contribution in [1.82, 2.24) is 16.0 Å². The van der Waals surface area contributed by atoms with Crippen molar-refractivity contribution in [3.8, 4) is 0 Å². The Bertz CT molecular complexity index is 1380. The lowest BCUT2D eigenvalue weighted by Gasteiger charge is -2.64. The van der Waals surface area contributed by atoms with Crippen LogP contribution in [0.25, 0.3) is 10.8 Å². The van der Waals surface area contributed by atoms with Crippen LogP contribution in [-0.4, -0.2) is 62.3 Å². The highest BCUT2D eigenvalue weighted by atomic mass is 16.7. The highest BCUT2D eigenvalue weighted by Gasteiger charge is 2.68. The van der Waals surface area contributed by atoms with E-state index >= 15 is 0 Å². The second-order valence-electron chi connectivity index (χ2n) is 13.9. The summed E-state index contributed by atoms with van der Waals surface area (Å²) in [7, 11) is 1.07. The monoisotopic (exact) mass is 604 g/mol. The van der Waals surface area contributed by atoms with E-state index in [9.17, 15) is 9.59 Å². The highest BCUT2D eigenvalue weighted by Crippen LogP contribution is 2.65. The minimum atomic E-state index is -0.785. The van der Waals surface area contributed by atoms with Crippen molar-refractivity contribution in [2.24, 2.45) is 33.9 Å². The molecule has 1 saturated heterocycles. The second kappa shape index (κ2) is 13.0. The third-order valence-electron chi connectivity index (χ3n) is 10.2. The van der Waals surface area contributed by atoms with Crippen LogP contribution in [0.3, 0.4) is 0 Å². The van der Waals surface area contributed by atoms with Crippen LogP contribution < -0.4 is 27.0 Å². The van der Waals surface area contributed by atoms with Crippen LogP contribution in [0.1, 0.15) is 66.7 Å². The molecule has 4 aliphatic rings. The lowest BCUT2D eigenvalue weighted by atomic mass is 9.43. The highest BCUT2D eigenvalue weighted by molar-refractivity contribution is 6.48. The van der Waals surface area contributed by atoms with E-state index in [0.717, 1.165) is 23.6 Å². The van der Waals surface area contributed by atoms with Gasteiger partial charge in [0.1, 0.15) is 6.04 Å². The summed E-state index contributed by atoms with van der Waals surface area (Å²) >= 11 is 0. The fourth-order valence-corrected chi connectivity index (χ4v) is 7.62. The average molecular weight is 605 g/mol. The number of aliphatic imine (C=N–C) groups is 1. The molecule has 3 aliphatic carbocycles. The van der Waals surface area contributed by atoms with E-state index in [1.807, 2.05) is 42.5 Å². The Balaban J connectivity index is 1.29. The molecular weight excluding hydrogens is 555 g/mol. The number of benzene rings is 2. The molecule has 6 rings (SSSR count).